The molecule has 1 aromatic heterocycles. The highest BCUT2D eigenvalue weighted by atomic mass is 79.9. The zero-order chi connectivity index (χ0) is 9.42. The van der Waals surface area contributed by atoms with Gasteiger partial charge in [-0.05, 0) is 34.1 Å². The van der Waals surface area contributed by atoms with Crippen molar-refractivity contribution in [3.8, 4) is 0 Å². The normalized spacial score (nSPS) is 10.7. The molecule has 0 aliphatic heterocycles. The quantitative estimate of drug-likeness (QED) is 0.538. The number of benzene rings is 1. The van der Waals surface area contributed by atoms with Crippen LogP contribution in [-0.4, -0.2) is 9.97 Å². The second kappa shape index (κ2) is 3.20. The van der Waals surface area contributed by atoms with E-state index in [4.69, 9.17) is 11.6 Å². The van der Waals surface area contributed by atoms with Gasteiger partial charge in [0.15, 0.2) is 4.73 Å². The van der Waals surface area contributed by atoms with Crippen molar-refractivity contribution in [3.63, 3.8) is 0 Å². The molecule has 2 rings (SSSR count). The molecule has 2 aromatic rings. The first-order chi connectivity index (χ1) is 6.16. The maximum absolute atomic E-state index is 12.8. The fraction of sp³-hybridized carbons (Fsp3) is 0. The molecule has 66 valence electrons. The molecule has 0 bridgehead atoms. The minimum absolute atomic E-state index is 0.247. The van der Waals surface area contributed by atoms with Crippen molar-refractivity contribution in [1.82, 2.24) is 9.97 Å². The van der Waals surface area contributed by atoms with E-state index in [1.165, 1.54) is 12.1 Å². The summed E-state index contributed by atoms with van der Waals surface area (Å²) >= 11 is 8.89. The van der Waals surface area contributed by atoms with E-state index in [9.17, 15) is 4.39 Å². The van der Waals surface area contributed by atoms with Gasteiger partial charge in [-0.25, -0.2) is 14.4 Å². The Morgan fingerprint density at radius 3 is 2.85 bits per heavy atom. The molecule has 13 heavy (non-hydrogen) atoms. The Morgan fingerprint density at radius 1 is 1.31 bits per heavy atom. The number of nitrogens with zero attached hydrogens (tertiary/aromatic N) is 2. The average molecular weight is 261 g/mol. The lowest BCUT2D eigenvalue weighted by Gasteiger charge is -1.99. The standard InChI is InChI=1S/C8H3BrClFN2/c9-8-12-6-2-1-4(11)3-5(6)7(10)13-8/h1-3H. The number of halogens is 3. The Hall–Kier alpha value is -0.740. The van der Waals surface area contributed by atoms with Crippen LogP contribution in [0, 0.1) is 5.82 Å². The highest BCUT2D eigenvalue weighted by Gasteiger charge is 2.04. The monoisotopic (exact) mass is 260 g/mol. The Labute approximate surface area is 86.9 Å². The molecule has 0 saturated carbocycles. The predicted molar refractivity (Wildman–Crippen MR) is 52.2 cm³/mol. The van der Waals surface area contributed by atoms with Crippen LogP contribution in [0.2, 0.25) is 5.15 Å². The third-order valence-electron chi connectivity index (χ3n) is 1.58. The van der Waals surface area contributed by atoms with Crippen molar-refractivity contribution in [1.29, 1.82) is 0 Å². The fourth-order valence-corrected chi connectivity index (χ4v) is 1.74. The van der Waals surface area contributed by atoms with Gasteiger partial charge in [0.25, 0.3) is 0 Å². The summed E-state index contributed by atoms with van der Waals surface area (Å²) < 4.78 is 13.2. The van der Waals surface area contributed by atoms with Gasteiger partial charge in [0.2, 0.25) is 0 Å². The average Bonchev–Trinajstić information content (AvgIpc) is 2.06. The third kappa shape index (κ3) is 1.64. The number of fused-ring (bicyclic) bond motifs is 1. The number of hydrogen-bond donors (Lipinski definition) is 0. The molecule has 0 spiro atoms. The molecule has 0 atom stereocenters. The van der Waals surface area contributed by atoms with E-state index < -0.39 is 0 Å². The molecule has 0 fully saturated rings. The number of aromatic nitrogens is 2. The summed E-state index contributed by atoms with van der Waals surface area (Å²) in [5.41, 5.74) is 0.619. The van der Waals surface area contributed by atoms with Crippen LogP contribution in [0.25, 0.3) is 10.9 Å². The summed E-state index contributed by atoms with van der Waals surface area (Å²) in [6, 6.07) is 4.20. The molecule has 2 nitrogen and oxygen atoms in total. The van der Waals surface area contributed by atoms with E-state index in [2.05, 4.69) is 25.9 Å². The Bertz CT molecular complexity index is 475. The summed E-state index contributed by atoms with van der Waals surface area (Å²) in [5.74, 6) is -0.347. The van der Waals surface area contributed by atoms with Crippen LogP contribution < -0.4 is 0 Å². The second-order valence-electron chi connectivity index (χ2n) is 2.44. The van der Waals surface area contributed by atoms with Crippen molar-refractivity contribution in [2.75, 3.05) is 0 Å². The maximum atomic E-state index is 12.8. The van der Waals surface area contributed by atoms with Crippen LogP contribution in [-0.2, 0) is 0 Å². The third-order valence-corrected chi connectivity index (χ3v) is 2.23. The van der Waals surface area contributed by atoms with Crippen molar-refractivity contribution < 1.29 is 4.39 Å². The first-order valence-corrected chi connectivity index (χ1v) is 4.62. The van der Waals surface area contributed by atoms with Gasteiger partial charge < -0.3 is 0 Å². The van der Waals surface area contributed by atoms with Crippen LogP contribution in [0.15, 0.2) is 22.9 Å². The van der Waals surface area contributed by atoms with Gasteiger partial charge in [-0.3, -0.25) is 0 Å². The zero-order valence-corrected chi connectivity index (χ0v) is 8.60. The summed E-state index contributed by atoms with van der Waals surface area (Å²) in [6.45, 7) is 0. The molecule has 5 heteroatoms. The van der Waals surface area contributed by atoms with E-state index in [0.717, 1.165) is 0 Å². The zero-order valence-electron chi connectivity index (χ0n) is 6.26. The molecule has 1 aromatic carbocycles. The van der Waals surface area contributed by atoms with Crippen LogP contribution in [0.5, 0.6) is 0 Å². The molecule has 0 N–H and O–H groups in total. The first kappa shape index (κ1) is 8.84. The van der Waals surface area contributed by atoms with Gasteiger partial charge in [-0.15, -0.1) is 0 Å². The second-order valence-corrected chi connectivity index (χ2v) is 3.51. The lowest BCUT2D eigenvalue weighted by atomic mass is 10.2. The van der Waals surface area contributed by atoms with Crippen LogP contribution in [0.1, 0.15) is 0 Å². The smallest absolute Gasteiger partial charge is 0.198 e. The van der Waals surface area contributed by atoms with Crippen molar-refractivity contribution in [2.24, 2.45) is 0 Å². The van der Waals surface area contributed by atoms with Crippen molar-refractivity contribution >= 4 is 38.4 Å². The van der Waals surface area contributed by atoms with Crippen LogP contribution >= 0.6 is 27.5 Å². The minimum atomic E-state index is -0.347. The Balaban J connectivity index is 2.87. The molecular formula is C8H3BrClFN2. The largest absolute Gasteiger partial charge is 0.222 e. The highest BCUT2D eigenvalue weighted by molar-refractivity contribution is 9.10. The summed E-state index contributed by atoms with van der Waals surface area (Å²) in [7, 11) is 0. The van der Waals surface area contributed by atoms with E-state index in [1.807, 2.05) is 0 Å². The molecule has 0 aliphatic rings. The topological polar surface area (TPSA) is 25.8 Å². The van der Waals surface area contributed by atoms with E-state index >= 15 is 0 Å². The van der Waals surface area contributed by atoms with Gasteiger partial charge in [0.1, 0.15) is 11.0 Å². The first-order valence-electron chi connectivity index (χ1n) is 3.45. The van der Waals surface area contributed by atoms with Gasteiger partial charge in [0.05, 0.1) is 5.52 Å². The summed E-state index contributed by atoms with van der Waals surface area (Å²) in [4.78, 5) is 7.88. The number of hydrogen-bond acceptors (Lipinski definition) is 2. The van der Waals surface area contributed by atoms with Crippen molar-refractivity contribution in [2.45, 2.75) is 0 Å². The highest BCUT2D eigenvalue weighted by Crippen LogP contribution is 2.22. The van der Waals surface area contributed by atoms with Crippen LogP contribution in [0.4, 0.5) is 4.39 Å². The predicted octanol–water partition coefficient (Wildman–Crippen LogP) is 3.18. The molecule has 0 radical (unpaired) electrons. The van der Waals surface area contributed by atoms with Crippen LogP contribution in [0.3, 0.4) is 0 Å². The van der Waals surface area contributed by atoms with Crippen molar-refractivity contribution in [3.05, 3.63) is 33.9 Å². The Morgan fingerprint density at radius 2 is 2.08 bits per heavy atom. The molecule has 0 saturated heterocycles. The SMILES string of the molecule is Fc1ccc2nc(Br)nc(Cl)c2c1. The summed E-state index contributed by atoms with van der Waals surface area (Å²) in [6.07, 6.45) is 0. The molecule has 0 unspecified atom stereocenters. The summed E-state index contributed by atoms with van der Waals surface area (Å²) in [5, 5.41) is 0.765. The number of rotatable bonds is 0. The molecular weight excluding hydrogens is 258 g/mol. The van der Waals surface area contributed by atoms with E-state index in [1.54, 1.807) is 6.07 Å². The minimum Gasteiger partial charge on any atom is -0.222 e. The van der Waals surface area contributed by atoms with E-state index in [0.29, 0.717) is 15.6 Å². The molecule has 0 amide bonds. The van der Waals surface area contributed by atoms with Gasteiger partial charge >= 0.3 is 0 Å². The Kier molecular flexibility index (Phi) is 2.17. The van der Waals surface area contributed by atoms with Gasteiger partial charge in [0, 0.05) is 5.39 Å². The molecule has 0 aliphatic carbocycles. The molecule has 1 heterocycles. The fourth-order valence-electron chi connectivity index (χ4n) is 1.04. The van der Waals surface area contributed by atoms with E-state index in [-0.39, 0.29) is 11.0 Å². The van der Waals surface area contributed by atoms with Gasteiger partial charge in [-0.2, -0.15) is 0 Å². The lowest BCUT2D eigenvalue weighted by molar-refractivity contribution is 0.629. The van der Waals surface area contributed by atoms with Gasteiger partial charge in [-0.1, -0.05) is 11.6 Å². The maximum Gasteiger partial charge on any atom is 0.198 e. The lowest BCUT2D eigenvalue weighted by Crippen LogP contribution is -1.87.